The van der Waals surface area contributed by atoms with Gasteiger partial charge >= 0.3 is 0 Å². The third kappa shape index (κ3) is 1.88. The predicted octanol–water partition coefficient (Wildman–Crippen LogP) is 0.279. The van der Waals surface area contributed by atoms with Gasteiger partial charge in [-0.15, -0.1) is 10.2 Å². The van der Waals surface area contributed by atoms with Gasteiger partial charge in [0.15, 0.2) is 0 Å². The van der Waals surface area contributed by atoms with E-state index in [2.05, 4.69) is 16.3 Å². The van der Waals surface area contributed by atoms with E-state index in [0.717, 1.165) is 0 Å². The number of nitriles is 1. The van der Waals surface area contributed by atoms with Crippen molar-refractivity contribution in [3.05, 3.63) is 16.0 Å². The fraction of sp³-hybridized carbons (Fsp3) is 0.636. The second-order valence-electron chi connectivity index (χ2n) is 5.14. The summed E-state index contributed by atoms with van der Waals surface area (Å²) in [7, 11) is 0. The number of anilines is 1. The highest BCUT2D eigenvalue weighted by atomic mass is 16.1. The number of rotatable bonds is 1. The summed E-state index contributed by atoms with van der Waals surface area (Å²) in [6.45, 7) is 7.27. The van der Waals surface area contributed by atoms with E-state index in [4.69, 9.17) is 5.26 Å². The molecule has 0 bridgehead atoms. The lowest BCUT2D eigenvalue weighted by atomic mass is 9.93. The summed E-state index contributed by atoms with van der Waals surface area (Å²) < 4.78 is 1.60. The van der Waals surface area contributed by atoms with Crippen LogP contribution < -0.4 is 10.5 Å². The fourth-order valence-electron chi connectivity index (χ4n) is 1.87. The number of fused-ring (bicyclic) bond motifs is 1. The van der Waals surface area contributed by atoms with Gasteiger partial charge in [-0.2, -0.15) is 5.26 Å². The summed E-state index contributed by atoms with van der Waals surface area (Å²) in [6.07, 6.45) is 0. The van der Waals surface area contributed by atoms with Crippen molar-refractivity contribution in [1.29, 1.82) is 5.26 Å². The Bertz CT molecular complexity index is 534. The molecule has 2 heterocycles. The van der Waals surface area contributed by atoms with E-state index in [-0.39, 0.29) is 17.5 Å². The molecule has 1 aromatic rings. The molecule has 0 atom stereocenters. The average Bonchev–Trinajstić information content (AvgIpc) is 2.62. The summed E-state index contributed by atoms with van der Waals surface area (Å²) >= 11 is 0. The van der Waals surface area contributed by atoms with Gasteiger partial charge < -0.3 is 4.90 Å². The van der Waals surface area contributed by atoms with Crippen LogP contribution in [-0.2, 0) is 12.0 Å². The second-order valence-corrected chi connectivity index (χ2v) is 5.14. The van der Waals surface area contributed by atoms with Crippen LogP contribution in [0.4, 0.5) is 5.95 Å². The first-order valence-electron chi connectivity index (χ1n) is 5.55. The molecule has 0 unspecified atom stereocenters. The van der Waals surface area contributed by atoms with Gasteiger partial charge in [0.1, 0.15) is 12.2 Å². The Morgan fingerprint density at radius 3 is 2.65 bits per heavy atom. The Morgan fingerprint density at radius 1 is 1.35 bits per heavy atom. The molecule has 0 saturated carbocycles. The van der Waals surface area contributed by atoms with Gasteiger partial charge in [0.25, 0.3) is 5.56 Å². The highest BCUT2D eigenvalue weighted by Gasteiger charge is 2.28. The van der Waals surface area contributed by atoms with Crippen LogP contribution in [0, 0.1) is 11.3 Å². The molecule has 6 heteroatoms. The van der Waals surface area contributed by atoms with E-state index in [9.17, 15) is 4.79 Å². The van der Waals surface area contributed by atoms with E-state index in [1.165, 1.54) is 0 Å². The van der Waals surface area contributed by atoms with Crippen molar-refractivity contribution in [3.8, 4) is 6.07 Å². The van der Waals surface area contributed by atoms with Crippen molar-refractivity contribution in [2.75, 3.05) is 18.0 Å². The number of nitrogens with zero attached hydrogens (tertiary/aromatic N) is 5. The van der Waals surface area contributed by atoms with E-state index >= 15 is 0 Å². The van der Waals surface area contributed by atoms with Crippen LogP contribution in [0.1, 0.15) is 26.5 Å². The van der Waals surface area contributed by atoms with Crippen LogP contribution in [0.25, 0.3) is 0 Å². The highest BCUT2D eigenvalue weighted by Crippen LogP contribution is 2.19. The maximum Gasteiger partial charge on any atom is 0.277 e. The first-order valence-corrected chi connectivity index (χ1v) is 5.55. The van der Waals surface area contributed by atoms with Crippen LogP contribution in [-0.4, -0.2) is 27.9 Å². The van der Waals surface area contributed by atoms with Crippen LogP contribution in [0.2, 0.25) is 0 Å². The van der Waals surface area contributed by atoms with Crippen LogP contribution in [0.15, 0.2) is 4.79 Å². The summed E-state index contributed by atoms with van der Waals surface area (Å²) in [5, 5.41) is 16.8. The van der Waals surface area contributed by atoms with Crippen molar-refractivity contribution in [1.82, 2.24) is 14.8 Å². The van der Waals surface area contributed by atoms with Crippen molar-refractivity contribution < 1.29 is 0 Å². The topological polar surface area (TPSA) is 74.8 Å². The summed E-state index contributed by atoms with van der Waals surface area (Å²) in [4.78, 5) is 14.0. The smallest absolute Gasteiger partial charge is 0.277 e. The number of hydrogen-bond donors (Lipinski definition) is 0. The normalized spacial score (nSPS) is 14.6. The Kier molecular flexibility index (Phi) is 2.62. The zero-order valence-corrected chi connectivity index (χ0v) is 10.3. The Balaban J connectivity index is 2.51. The predicted molar refractivity (Wildman–Crippen MR) is 62.8 cm³/mol. The first-order chi connectivity index (χ1) is 7.95. The maximum absolute atomic E-state index is 12.2. The van der Waals surface area contributed by atoms with Crippen molar-refractivity contribution in [3.63, 3.8) is 0 Å². The second kappa shape index (κ2) is 3.84. The molecular weight excluding hydrogens is 218 g/mol. The summed E-state index contributed by atoms with van der Waals surface area (Å²) in [5.41, 5.74) is 0.0670. The maximum atomic E-state index is 12.2. The molecule has 0 aromatic carbocycles. The average molecular weight is 233 g/mol. The molecule has 1 aliphatic rings. The van der Waals surface area contributed by atoms with Gasteiger partial charge in [-0.05, 0) is 0 Å². The molecular formula is C11H15N5O. The largest absolute Gasteiger partial charge is 0.326 e. The van der Waals surface area contributed by atoms with Crippen molar-refractivity contribution in [2.24, 2.45) is 0 Å². The Hall–Kier alpha value is -1.90. The monoisotopic (exact) mass is 233 g/mol. The SMILES string of the molecule is CC(C)(C)c1nnc2n(c1=O)CCN2CC#N. The van der Waals surface area contributed by atoms with Crippen LogP contribution in [0.5, 0.6) is 0 Å². The molecule has 90 valence electrons. The standard InChI is InChI=1S/C11H15N5O/c1-11(2,3)8-9(17)16-7-6-15(5-4-12)10(16)14-13-8/h5-7H2,1-3H3. The lowest BCUT2D eigenvalue weighted by Crippen LogP contribution is -2.33. The molecule has 0 amide bonds. The minimum Gasteiger partial charge on any atom is -0.326 e. The summed E-state index contributed by atoms with van der Waals surface area (Å²) in [6, 6.07) is 2.06. The molecule has 6 nitrogen and oxygen atoms in total. The fourth-order valence-corrected chi connectivity index (χ4v) is 1.87. The van der Waals surface area contributed by atoms with E-state index in [1.807, 2.05) is 20.8 Å². The van der Waals surface area contributed by atoms with E-state index in [0.29, 0.717) is 24.7 Å². The zero-order valence-electron chi connectivity index (χ0n) is 10.3. The zero-order chi connectivity index (χ0) is 12.6. The lowest BCUT2D eigenvalue weighted by molar-refractivity contribution is 0.533. The molecule has 1 aromatic heterocycles. The molecule has 0 spiro atoms. The van der Waals surface area contributed by atoms with Gasteiger partial charge in [-0.25, -0.2) is 0 Å². The van der Waals surface area contributed by atoms with Gasteiger partial charge in [-0.3, -0.25) is 9.36 Å². The molecule has 17 heavy (non-hydrogen) atoms. The lowest BCUT2D eigenvalue weighted by Gasteiger charge is -2.17. The first kappa shape index (κ1) is 11.6. The molecule has 0 aliphatic carbocycles. The third-order valence-corrected chi connectivity index (χ3v) is 2.78. The van der Waals surface area contributed by atoms with Crippen LogP contribution >= 0.6 is 0 Å². The van der Waals surface area contributed by atoms with Gasteiger partial charge in [0.05, 0.1) is 6.07 Å². The van der Waals surface area contributed by atoms with Gasteiger partial charge in [0.2, 0.25) is 5.95 Å². The minimum absolute atomic E-state index is 0.0945. The number of hydrogen-bond acceptors (Lipinski definition) is 5. The molecule has 1 aliphatic heterocycles. The molecule has 0 fully saturated rings. The van der Waals surface area contributed by atoms with Crippen molar-refractivity contribution >= 4 is 5.95 Å². The van der Waals surface area contributed by atoms with E-state index in [1.54, 1.807) is 9.47 Å². The van der Waals surface area contributed by atoms with E-state index < -0.39 is 0 Å². The van der Waals surface area contributed by atoms with Gasteiger partial charge in [-0.1, -0.05) is 20.8 Å². The molecule has 0 radical (unpaired) electrons. The molecule has 0 N–H and O–H groups in total. The van der Waals surface area contributed by atoms with Crippen LogP contribution in [0.3, 0.4) is 0 Å². The molecule has 2 rings (SSSR count). The molecule has 0 saturated heterocycles. The summed E-state index contributed by atoms with van der Waals surface area (Å²) in [5.74, 6) is 0.504. The quantitative estimate of drug-likeness (QED) is 0.651. The highest BCUT2D eigenvalue weighted by molar-refractivity contribution is 5.35. The number of aromatic nitrogens is 3. The minimum atomic E-state index is -0.311. The van der Waals surface area contributed by atoms with Crippen molar-refractivity contribution in [2.45, 2.75) is 32.7 Å². The third-order valence-electron chi connectivity index (χ3n) is 2.78. The Morgan fingerprint density at radius 2 is 2.06 bits per heavy atom. The Labute approximate surface area is 99.5 Å². The van der Waals surface area contributed by atoms with Gasteiger partial charge in [0, 0.05) is 18.5 Å².